The van der Waals surface area contributed by atoms with Gasteiger partial charge in [-0.25, -0.2) is 4.98 Å². The Morgan fingerprint density at radius 1 is 0.897 bits per heavy atom. The number of pyridine rings is 1. The van der Waals surface area contributed by atoms with Crippen molar-refractivity contribution < 1.29 is 30.4 Å². The normalized spacial score (nSPS) is 11.8. The van der Waals surface area contributed by atoms with E-state index < -0.39 is 30.0 Å². The van der Waals surface area contributed by atoms with Crippen LogP contribution in [0, 0.1) is 0 Å². The predicted octanol–water partition coefficient (Wildman–Crippen LogP) is 1.77. The zero-order chi connectivity index (χ0) is 19.4. The first-order chi connectivity index (χ1) is 12.6. The summed E-state index contributed by atoms with van der Waals surface area (Å²) < 4.78 is 70.6. The summed E-state index contributed by atoms with van der Waals surface area (Å²) in [4.78, 5) is 7.34. The van der Waals surface area contributed by atoms with Crippen molar-refractivity contribution in [3.8, 4) is 11.6 Å². The van der Waals surface area contributed by atoms with E-state index in [1.165, 1.54) is 12.3 Å². The van der Waals surface area contributed by atoms with Gasteiger partial charge in [0.05, 0.1) is 4.90 Å². The van der Waals surface area contributed by atoms with E-state index in [1.807, 2.05) is 0 Å². The van der Waals surface area contributed by atoms with Gasteiger partial charge in [-0.1, -0.05) is 12.1 Å². The smallest absolute Gasteiger partial charge is 0.298 e. The third kappa shape index (κ3) is 4.74. The second-order valence-corrected chi connectivity index (χ2v) is 8.43. The summed E-state index contributed by atoms with van der Waals surface area (Å²) in [5.74, 6) is 0.0295. The molecular weight excluding hydrogens is 442 g/mol. The van der Waals surface area contributed by atoms with E-state index in [2.05, 4.69) is 9.97 Å². The van der Waals surface area contributed by atoms with Crippen LogP contribution in [0.3, 0.4) is 0 Å². The van der Waals surface area contributed by atoms with Gasteiger partial charge in [0.1, 0.15) is 16.1 Å². The molecule has 2 aromatic carbocycles. The molecule has 2 aromatic heterocycles. The van der Waals surface area contributed by atoms with Gasteiger partial charge in [-0.05, 0) is 35.7 Å². The molecule has 0 fully saturated rings. The van der Waals surface area contributed by atoms with Crippen LogP contribution in [0.15, 0.2) is 62.9 Å². The molecule has 0 atom stereocenters. The van der Waals surface area contributed by atoms with E-state index in [4.69, 9.17) is 4.42 Å². The molecule has 4 rings (SSSR count). The minimum absolute atomic E-state index is 0. The molecule has 0 spiro atoms. The summed E-state index contributed by atoms with van der Waals surface area (Å²) in [7, 11) is -9.20. The Labute approximate surface area is 209 Å². The molecule has 2 heterocycles. The topological polar surface area (TPSA) is 148 Å². The number of aromatic nitrogens is 2. The molecule has 140 valence electrons. The Balaban J connectivity index is 0.00000150. The van der Waals surface area contributed by atoms with Crippen LogP contribution < -0.4 is 0 Å². The molecule has 2 radical (unpaired) electrons. The molecule has 0 unspecified atom stereocenters. The fraction of sp³-hybridized carbons (Fsp3) is 0. The van der Waals surface area contributed by atoms with Gasteiger partial charge < -0.3 is 4.42 Å². The third-order valence-corrected chi connectivity index (χ3v) is 5.58. The summed E-state index contributed by atoms with van der Waals surface area (Å²) >= 11 is 0. The quantitative estimate of drug-likeness (QED) is 0.350. The second kappa shape index (κ2) is 8.71. The molecule has 4 aromatic rings. The van der Waals surface area contributed by atoms with Gasteiger partial charge in [0.25, 0.3) is 20.2 Å². The number of benzene rings is 2. The fourth-order valence-electron chi connectivity index (χ4n) is 2.70. The number of rotatable bonds is 3. The number of hydrogen-bond acceptors (Lipinski definition) is 7. The first-order valence-corrected chi connectivity index (χ1v) is 10.3. The second-order valence-electron chi connectivity index (χ2n) is 5.62. The van der Waals surface area contributed by atoms with Gasteiger partial charge in [-0.3, -0.25) is 14.1 Å². The van der Waals surface area contributed by atoms with Crippen LogP contribution in [0.4, 0.5) is 0 Å². The van der Waals surface area contributed by atoms with Crippen LogP contribution in [0.2, 0.25) is 0 Å². The van der Waals surface area contributed by atoms with Crippen molar-refractivity contribution in [2.75, 3.05) is 0 Å². The Bertz CT molecular complexity index is 1420. The van der Waals surface area contributed by atoms with E-state index in [9.17, 15) is 25.9 Å². The molecule has 9 nitrogen and oxygen atoms in total. The van der Waals surface area contributed by atoms with Crippen LogP contribution in [-0.4, -0.2) is 95.0 Å². The van der Waals surface area contributed by atoms with Crippen molar-refractivity contribution in [3.05, 3.63) is 48.7 Å². The van der Waals surface area contributed by atoms with E-state index in [0.29, 0.717) is 11.1 Å². The summed E-state index contributed by atoms with van der Waals surface area (Å²) in [6, 6.07) is 9.62. The first-order valence-electron chi connectivity index (χ1n) is 7.38. The molecule has 0 bridgehead atoms. The summed E-state index contributed by atoms with van der Waals surface area (Å²) in [5.41, 5.74) is 0.255. The van der Waals surface area contributed by atoms with E-state index in [-0.39, 0.29) is 81.5 Å². The Hall–Kier alpha value is -0.860. The molecule has 29 heavy (non-hydrogen) atoms. The number of fused-ring (bicyclic) bond motifs is 3. The fourth-order valence-corrected chi connectivity index (χ4v) is 3.87. The van der Waals surface area contributed by atoms with Crippen LogP contribution in [0.25, 0.3) is 33.5 Å². The Morgan fingerprint density at radius 3 is 2.21 bits per heavy atom. The maximum absolute atomic E-state index is 11.8. The van der Waals surface area contributed by atoms with Gasteiger partial charge in [0.2, 0.25) is 5.89 Å². The van der Waals surface area contributed by atoms with Crippen LogP contribution in [0.1, 0.15) is 0 Å². The summed E-state index contributed by atoms with van der Waals surface area (Å²) in [6.07, 6.45) is 1.50. The van der Waals surface area contributed by atoms with Crippen molar-refractivity contribution in [2.24, 2.45) is 0 Å². The van der Waals surface area contributed by atoms with E-state index in [1.54, 1.807) is 18.2 Å². The first kappa shape index (κ1) is 24.4. The van der Waals surface area contributed by atoms with Gasteiger partial charge in [0.15, 0.2) is 5.58 Å². The molecular formula is C16H10N2Na2O7S2. The maximum atomic E-state index is 11.8. The summed E-state index contributed by atoms with van der Waals surface area (Å²) in [6.45, 7) is 0. The van der Waals surface area contributed by atoms with Crippen molar-refractivity contribution in [1.29, 1.82) is 0 Å². The largest absolute Gasteiger partial charge is 0.433 e. The molecule has 2 N–H and O–H groups in total. The zero-order valence-electron chi connectivity index (χ0n) is 15.3. The average Bonchev–Trinajstić information content (AvgIpc) is 3.05. The molecule has 0 aliphatic rings. The van der Waals surface area contributed by atoms with Crippen molar-refractivity contribution in [3.63, 3.8) is 0 Å². The average molecular weight is 452 g/mol. The molecule has 0 aliphatic heterocycles. The van der Waals surface area contributed by atoms with Gasteiger partial charge in [-0.15, -0.1) is 0 Å². The van der Waals surface area contributed by atoms with Crippen molar-refractivity contribution in [2.45, 2.75) is 9.79 Å². The van der Waals surface area contributed by atoms with Gasteiger partial charge in [0, 0.05) is 70.7 Å². The number of hydrogen-bond donors (Lipinski definition) is 2. The Morgan fingerprint density at radius 2 is 1.62 bits per heavy atom. The molecule has 0 saturated heterocycles. The minimum atomic E-state index is -4.70. The van der Waals surface area contributed by atoms with Crippen molar-refractivity contribution in [1.82, 2.24) is 9.97 Å². The number of oxazole rings is 1. The van der Waals surface area contributed by atoms with Crippen LogP contribution in [-0.2, 0) is 20.2 Å². The van der Waals surface area contributed by atoms with E-state index in [0.717, 1.165) is 18.2 Å². The molecule has 0 amide bonds. The SMILES string of the molecule is O=S(=O)(O)c1ccc2c(c1)cc(S(=O)(=O)O)c1oc(-c3ccccn3)nc12.[Na].[Na]. The zero-order valence-corrected chi connectivity index (χ0v) is 20.9. The van der Waals surface area contributed by atoms with E-state index >= 15 is 0 Å². The Kier molecular flexibility index (Phi) is 7.33. The standard InChI is InChI=1S/C16H10N2O7S2.2Na/c19-26(20,21)10-4-5-11-9(7-10)8-13(27(22,23)24)15-14(11)18-16(25-15)12-3-1-2-6-17-12;;/h1-8H,(H,19,20,21)(H,22,23,24);;. The van der Waals surface area contributed by atoms with Crippen LogP contribution in [0.5, 0.6) is 0 Å². The molecule has 0 aliphatic carbocycles. The maximum Gasteiger partial charge on any atom is 0.298 e. The monoisotopic (exact) mass is 452 g/mol. The summed E-state index contributed by atoms with van der Waals surface area (Å²) in [5, 5.41) is 0.502. The predicted molar refractivity (Wildman–Crippen MR) is 106 cm³/mol. The molecule has 13 heteroatoms. The van der Waals surface area contributed by atoms with Crippen molar-refractivity contribution >= 4 is 101 Å². The van der Waals surface area contributed by atoms with Gasteiger partial charge >= 0.3 is 0 Å². The third-order valence-electron chi connectivity index (χ3n) is 3.88. The van der Waals surface area contributed by atoms with Gasteiger partial charge in [-0.2, -0.15) is 16.8 Å². The number of nitrogens with zero attached hydrogens (tertiary/aromatic N) is 2. The minimum Gasteiger partial charge on any atom is -0.433 e. The molecule has 0 saturated carbocycles. The van der Waals surface area contributed by atoms with Crippen LogP contribution >= 0.6 is 0 Å².